The Bertz CT molecular complexity index is 710. The van der Waals surface area contributed by atoms with Gasteiger partial charge in [0.2, 0.25) is 5.91 Å². The summed E-state index contributed by atoms with van der Waals surface area (Å²) in [6, 6.07) is 4.23. The first-order valence-electron chi connectivity index (χ1n) is 8.48. The number of aryl methyl sites for hydroxylation is 2. The third kappa shape index (κ3) is 3.58. The van der Waals surface area contributed by atoms with Crippen LogP contribution in [0.1, 0.15) is 29.8 Å². The molecule has 0 bridgehead atoms. The Hall–Kier alpha value is -2.37. The van der Waals surface area contributed by atoms with Gasteiger partial charge >= 0.3 is 0 Å². The maximum absolute atomic E-state index is 12.5. The molecule has 1 aliphatic rings. The van der Waals surface area contributed by atoms with E-state index in [2.05, 4.69) is 22.3 Å². The number of nitrogens with one attached hydrogen (secondary N) is 1. The molecule has 0 spiro atoms. The Morgan fingerprint density at radius 3 is 2.92 bits per heavy atom. The average Bonchev–Trinajstić information content (AvgIpc) is 3.12. The molecule has 24 heavy (non-hydrogen) atoms. The first-order valence-corrected chi connectivity index (χ1v) is 8.48. The Morgan fingerprint density at radius 1 is 1.42 bits per heavy atom. The van der Waals surface area contributed by atoms with Gasteiger partial charge in [-0.25, -0.2) is 0 Å². The molecule has 1 amide bonds. The number of likely N-dealkylation sites (tertiary alicyclic amines) is 1. The number of carbonyl (C=O) groups excluding carboxylic acids is 1. The fourth-order valence-electron chi connectivity index (χ4n) is 3.36. The van der Waals surface area contributed by atoms with Gasteiger partial charge in [0.25, 0.3) is 0 Å². The van der Waals surface area contributed by atoms with Crippen LogP contribution >= 0.6 is 0 Å². The molecule has 3 heterocycles. The SMILES string of the molecule is Cc1nn(C)c(C)c1CCC(=O)N1CC[C@H](Nc2cccnc2)C1. The highest BCUT2D eigenvalue weighted by molar-refractivity contribution is 5.77. The highest BCUT2D eigenvalue weighted by Gasteiger charge is 2.26. The number of pyridine rings is 1. The standard InChI is InChI=1S/C18H25N5O/c1-13-17(14(2)22(3)21-13)6-7-18(24)23-10-8-16(12-23)20-15-5-4-9-19-11-15/h4-5,9,11,16,20H,6-8,10,12H2,1-3H3/t16-/m0/s1. The highest BCUT2D eigenvalue weighted by atomic mass is 16.2. The average molecular weight is 327 g/mol. The van der Waals surface area contributed by atoms with Crippen LogP contribution in [0.3, 0.4) is 0 Å². The van der Waals surface area contributed by atoms with Crippen LogP contribution in [0.25, 0.3) is 0 Å². The Balaban J connectivity index is 1.51. The van der Waals surface area contributed by atoms with Crippen LogP contribution in [0.2, 0.25) is 0 Å². The fraction of sp³-hybridized carbons (Fsp3) is 0.500. The Morgan fingerprint density at radius 2 is 2.25 bits per heavy atom. The molecule has 2 aromatic heterocycles. The molecular weight excluding hydrogens is 302 g/mol. The van der Waals surface area contributed by atoms with Crippen molar-refractivity contribution in [2.45, 2.75) is 39.2 Å². The van der Waals surface area contributed by atoms with Gasteiger partial charge in [-0.1, -0.05) is 0 Å². The maximum atomic E-state index is 12.5. The zero-order valence-corrected chi connectivity index (χ0v) is 14.6. The molecule has 0 radical (unpaired) electrons. The molecule has 0 aromatic carbocycles. The summed E-state index contributed by atoms with van der Waals surface area (Å²) in [6.07, 6.45) is 5.87. The number of carbonyl (C=O) groups is 1. The Labute approximate surface area is 142 Å². The smallest absolute Gasteiger partial charge is 0.222 e. The minimum atomic E-state index is 0.230. The van der Waals surface area contributed by atoms with Crippen molar-refractivity contribution in [1.29, 1.82) is 0 Å². The molecule has 1 aliphatic heterocycles. The van der Waals surface area contributed by atoms with E-state index in [1.165, 1.54) is 5.56 Å². The molecule has 0 saturated carbocycles. The van der Waals surface area contributed by atoms with Gasteiger partial charge in [0.15, 0.2) is 0 Å². The molecule has 6 heteroatoms. The number of nitrogens with zero attached hydrogens (tertiary/aromatic N) is 4. The summed E-state index contributed by atoms with van der Waals surface area (Å²) >= 11 is 0. The zero-order chi connectivity index (χ0) is 17.1. The van der Waals surface area contributed by atoms with Crippen LogP contribution < -0.4 is 5.32 Å². The van der Waals surface area contributed by atoms with Gasteiger partial charge in [-0.2, -0.15) is 5.10 Å². The largest absolute Gasteiger partial charge is 0.379 e. The molecular formula is C18H25N5O. The monoisotopic (exact) mass is 327 g/mol. The summed E-state index contributed by atoms with van der Waals surface area (Å²) in [5, 5.41) is 7.87. The lowest BCUT2D eigenvalue weighted by atomic mass is 10.1. The lowest BCUT2D eigenvalue weighted by Gasteiger charge is -2.17. The van der Waals surface area contributed by atoms with E-state index in [9.17, 15) is 4.79 Å². The normalized spacial score (nSPS) is 17.3. The van der Waals surface area contributed by atoms with E-state index in [1.807, 2.05) is 41.9 Å². The van der Waals surface area contributed by atoms with Crippen LogP contribution in [0.15, 0.2) is 24.5 Å². The molecule has 6 nitrogen and oxygen atoms in total. The molecule has 1 fully saturated rings. The molecule has 128 valence electrons. The van der Waals surface area contributed by atoms with Crippen LogP contribution in [-0.2, 0) is 18.3 Å². The van der Waals surface area contributed by atoms with Gasteiger partial charge in [-0.15, -0.1) is 0 Å². The quantitative estimate of drug-likeness (QED) is 0.913. The van der Waals surface area contributed by atoms with Gasteiger partial charge < -0.3 is 10.2 Å². The van der Waals surface area contributed by atoms with E-state index in [-0.39, 0.29) is 5.91 Å². The number of hydrogen-bond acceptors (Lipinski definition) is 4. The Kier molecular flexibility index (Phi) is 4.83. The number of anilines is 1. The van der Waals surface area contributed by atoms with Crippen LogP contribution in [-0.4, -0.2) is 44.7 Å². The molecule has 3 rings (SSSR count). The summed E-state index contributed by atoms with van der Waals surface area (Å²) in [6.45, 7) is 5.65. The van der Waals surface area contributed by atoms with Crippen molar-refractivity contribution < 1.29 is 4.79 Å². The number of hydrogen-bond donors (Lipinski definition) is 1. The lowest BCUT2D eigenvalue weighted by molar-refractivity contribution is -0.130. The van der Waals surface area contributed by atoms with Crippen molar-refractivity contribution >= 4 is 11.6 Å². The van der Waals surface area contributed by atoms with Crippen molar-refractivity contribution in [1.82, 2.24) is 19.7 Å². The van der Waals surface area contributed by atoms with E-state index >= 15 is 0 Å². The van der Waals surface area contributed by atoms with Crippen LogP contribution in [0.5, 0.6) is 0 Å². The number of aromatic nitrogens is 3. The van der Waals surface area contributed by atoms with Crippen LogP contribution in [0, 0.1) is 13.8 Å². The zero-order valence-electron chi connectivity index (χ0n) is 14.6. The predicted octanol–water partition coefficient (Wildman–Crippen LogP) is 2.08. The second-order valence-electron chi connectivity index (χ2n) is 6.48. The van der Waals surface area contributed by atoms with Crippen LogP contribution in [0.4, 0.5) is 5.69 Å². The van der Waals surface area contributed by atoms with Crippen molar-refractivity contribution in [3.8, 4) is 0 Å². The highest BCUT2D eigenvalue weighted by Crippen LogP contribution is 2.18. The van der Waals surface area contributed by atoms with Gasteiger partial charge in [-0.3, -0.25) is 14.5 Å². The van der Waals surface area contributed by atoms with Crippen molar-refractivity contribution in [3.05, 3.63) is 41.5 Å². The van der Waals surface area contributed by atoms with Crippen molar-refractivity contribution in [2.75, 3.05) is 18.4 Å². The summed E-state index contributed by atoms with van der Waals surface area (Å²) in [5.41, 5.74) is 4.40. The second kappa shape index (κ2) is 7.03. The maximum Gasteiger partial charge on any atom is 0.222 e. The van der Waals surface area contributed by atoms with Gasteiger partial charge in [0.05, 0.1) is 11.4 Å². The first-order chi connectivity index (χ1) is 11.5. The third-order valence-electron chi connectivity index (χ3n) is 4.82. The van der Waals surface area contributed by atoms with E-state index in [0.717, 1.165) is 43.0 Å². The third-order valence-corrected chi connectivity index (χ3v) is 4.82. The van der Waals surface area contributed by atoms with E-state index < -0.39 is 0 Å². The summed E-state index contributed by atoms with van der Waals surface area (Å²) < 4.78 is 1.89. The topological polar surface area (TPSA) is 63.1 Å². The second-order valence-corrected chi connectivity index (χ2v) is 6.48. The number of amides is 1. The van der Waals surface area contributed by atoms with Crippen molar-refractivity contribution in [3.63, 3.8) is 0 Å². The molecule has 0 aliphatic carbocycles. The van der Waals surface area contributed by atoms with Gasteiger partial charge in [0.1, 0.15) is 0 Å². The first kappa shape index (κ1) is 16.5. The predicted molar refractivity (Wildman–Crippen MR) is 93.8 cm³/mol. The lowest BCUT2D eigenvalue weighted by Crippen LogP contribution is -2.31. The summed E-state index contributed by atoms with van der Waals surface area (Å²) in [7, 11) is 1.95. The van der Waals surface area contributed by atoms with Gasteiger partial charge in [-0.05, 0) is 44.4 Å². The molecule has 1 saturated heterocycles. The fourth-order valence-corrected chi connectivity index (χ4v) is 3.36. The van der Waals surface area contributed by atoms with Crippen molar-refractivity contribution in [2.24, 2.45) is 7.05 Å². The molecule has 1 N–H and O–H groups in total. The van der Waals surface area contributed by atoms with E-state index in [4.69, 9.17) is 0 Å². The minimum absolute atomic E-state index is 0.230. The molecule has 1 atom stereocenters. The van der Waals surface area contributed by atoms with Gasteiger partial charge in [0, 0.05) is 50.7 Å². The summed E-state index contributed by atoms with van der Waals surface area (Å²) in [4.78, 5) is 18.6. The molecule has 2 aromatic rings. The number of rotatable bonds is 5. The summed E-state index contributed by atoms with van der Waals surface area (Å²) in [5.74, 6) is 0.230. The van der Waals surface area contributed by atoms with E-state index in [0.29, 0.717) is 12.5 Å². The molecule has 0 unspecified atom stereocenters. The van der Waals surface area contributed by atoms with E-state index in [1.54, 1.807) is 6.20 Å². The minimum Gasteiger partial charge on any atom is -0.379 e.